The number of amides is 1. The molecule has 1 fully saturated rings. The van der Waals surface area contributed by atoms with Crippen LogP contribution in [0.15, 0.2) is 24.3 Å². The predicted molar refractivity (Wildman–Crippen MR) is 74.1 cm³/mol. The molecule has 0 radical (unpaired) electrons. The largest absolute Gasteiger partial charge is 0.373 e. The first-order chi connectivity index (χ1) is 9.06. The fourth-order valence-corrected chi connectivity index (χ4v) is 2.93. The van der Waals surface area contributed by atoms with Gasteiger partial charge in [0.05, 0.1) is 0 Å². The number of carbonyl (C=O) groups excluding carboxylic acids is 1. The fraction of sp³-hybridized carbons (Fsp3) is 0.533. The van der Waals surface area contributed by atoms with E-state index in [0.717, 1.165) is 24.9 Å². The van der Waals surface area contributed by atoms with Crippen molar-refractivity contribution >= 4 is 11.6 Å². The van der Waals surface area contributed by atoms with Gasteiger partial charge < -0.3 is 11.1 Å². The van der Waals surface area contributed by atoms with Gasteiger partial charge in [0, 0.05) is 5.69 Å². The molecule has 104 valence electrons. The summed E-state index contributed by atoms with van der Waals surface area (Å²) in [6, 6.07) is 5.66. The number of rotatable bonds is 4. The van der Waals surface area contributed by atoms with E-state index in [-0.39, 0.29) is 23.7 Å². The molecule has 0 heterocycles. The molecule has 2 rings (SSSR count). The maximum Gasteiger partial charge on any atom is 0.240 e. The highest BCUT2D eigenvalue weighted by Gasteiger charge is 2.30. The number of nitrogens with two attached hydrogens (primary N) is 1. The molecule has 0 spiro atoms. The van der Waals surface area contributed by atoms with Crippen molar-refractivity contribution in [3.63, 3.8) is 0 Å². The highest BCUT2D eigenvalue weighted by molar-refractivity contribution is 5.83. The summed E-state index contributed by atoms with van der Waals surface area (Å²) in [5.74, 6) is 0.290. The smallest absolute Gasteiger partial charge is 0.240 e. The van der Waals surface area contributed by atoms with E-state index >= 15 is 0 Å². The minimum Gasteiger partial charge on any atom is -0.373 e. The fourth-order valence-electron chi connectivity index (χ4n) is 2.93. The maximum atomic E-state index is 12.9. The van der Waals surface area contributed by atoms with Gasteiger partial charge in [-0.05, 0) is 48.9 Å². The van der Waals surface area contributed by atoms with Crippen molar-refractivity contribution in [2.45, 2.75) is 38.6 Å². The second kappa shape index (κ2) is 6.04. The molecule has 3 N–H and O–H groups in total. The Morgan fingerprint density at radius 2 is 2.05 bits per heavy atom. The summed E-state index contributed by atoms with van der Waals surface area (Å²) >= 11 is 0. The Bertz CT molecular complexity index is 432. The summed E-state index contributed by atoms with van der Waals surface area (Å²) in [6.07, 6.45) is 4.40. The zero-order valence-corrected chi connectivity index (χ0v) is 11.2. The van der Waals surface area contributed by atoms with E-state index in [1.807, 2.05) is 0 Å². The molecule has 0 saturated heterocycles. The topological polar surface area (TPSA) is 55.1 Å². The SMILES string of the molecule is CC1CCCC(C(Nc2ccc(F)cc2)C(N)=O)C1. The molecule has 1 amide bonds. The van der Waals surface area contributed by atoms with Gasteiger partial charge in [-0.2, -0.15) is 0 Å². The third kappa shape index (κ3) is 3.69. The van der Waals surface area contributed by atoms with E-state index in [1.54, 1.807) is 12.1 Å². The lowest BCUT2D eigenvalue weighted by molar-refractivity contribution is -0.120. The quantitative estimate of drug-likeness (QED) is 0.878. The molecule has 1 aliphatic rings. The van der Waals surface area contributed by atoms with Gasteiger partial charge in [-0.25, -0.2) is 4.39 Å². The van der Waals surface area contributed by atoms with Crippen molar-refractivity contribution < 1.29 is 9.18 Å². The Morgan fingerprint density at radius 1 is 1.37 bits per heavy atom. The van der Waals surface area contributed by atoms with Crippen LogP contribution < -0.4 is 11.1 Å². The van der Waals surface area contributed by atoms with Gasteiger partial charge in [0.25, 0.3) is 0 Å². The van der Waals surface area contributed by atoms with Gasteiger partial charge in [0.15, 0.2) is 0 Å². The minimum atomic E-state index is -0.367. The first-order valence-electron chi connectivity index (χ1n) is 6.87. The Kier molecular flexibility index (Phi) is 4.40. The van der Waals surface area contributed by atoms with Crippen LogP contribution in [0.25, 0.3) is 0 Å². The standard InChI is InChI=1S/C15H21FN2O/c1-10-3-2-4-11(9-10)14(15(17)19)18-13-7-5-12(16)6-8-13/h5-8,10-11,14,18H,2-4,9H2,1H3,(H2,17,19). The molecule has 19 heavy (non-hydrogen) atoms. The number of hydrogen-bond donors (Lipinski definition) is 2. The summed E-state index contributed by atoms with van der Waals surface area (Å²) in [5, 5.41) is 3.15. The van der Waals surface area contributed by atoms with E-state index in [2.05, 4.69) is 12.2 Å². The molecule has 4 heteroatoms. The molecule has 3 unspecified atom stereocenters. The number of hydrogen-bond acceptors (Lipinski definition) is 2. The van der Waals surface area contributed by atoms with Gasteiger partial charge in [-0.1, -0.05) is 19.8 Å². The zero-order chi connectivity index (χ0) is 13.8. The molecule has 0 aromatic heterocycles. The van der Waals surface area contributed by atoms with Crippen LogP contribution >= 0.6 is 0 Å². The third-order valence-electron chi connectivity index (χ3n) is 3.92. The first-order valence-corrected chi connectivity index (χ1v) is 6.87. The second-order valence-corrected chi connectivity index (χ2v) is 5.56. The Labute approximate surface area is 113 Å². The van der Waals surface area contributed by atoms with Crippen LogP contribution in [0.2, 0.25) is 0 Å². The lowest BCUT2D eigenvalue weighted by atomic mass is 9.78. The van der Waals surface area contributed by atoms with Crippen LogP contribution in [-0.4, -0.2) is 11.9 Å². The van der Waals surface area contributed by atoms with Gasteiger partial charge in [-0.15, -0.1) is 0 Å². The van der Waals surface area contributed by atoms with Crippen molar-refractivity contribution in [2.75, 3.05) is 5.32 Å². The van der Waals surface area contributed by atoms with E-state index in [1.165, 1.54) is 18.6 Å². The monoisotopic (exact) mass is 264 g/mol. The molecule has 3 nitrogen and oxygen atoms in total. The number of carbonyl (C=O) groups is 1. The maximum absolute atomic E-state index is 12.9. The van der Waals surface area contributed by atoms with Crippen LogP contribution in [0.1, 0.15) is 32.6 Å². The second-order valence-electron chi connectivity index (χ2n) is 5.56. The average Bonchev–Trinajstić information content (AvgIpc) is 2.37. The van der Waals surface area contributed by atoms with Crippen LogP contribution in [-0.2, 0) is 4.79 Å². The van der Waals surface area contributed by atoms with Crippen molar-refractivity contribution in [3.05, 3.63) is 30.1 Å². The van der Waals surface area contributed by atoms with Gasteiger partial charge >= 0.3 is 0 Å². The molecule has 0 aliphatic heterocycles. The van der Waals surface area contributed by atoms with Gasteiger partial charge in [-0.3, -0.25) is 4.79 Å². The number of anilines is 1. The van der Waals surface area contributed by atoms with Crippen LogP contribution in [0.3, 0.4) is 0 Å². The van der Waals surface area contributed by atoms with Crippen LogP contribution in [0.4, 0.5) is 10.1 Å². The third-order valence-corrected chi connectivity index (χ3v) is 3.92. The number of benzene rings is 1. The lowest BCUT2D eigenvalue weighted by Gasteiger charge is -2.32. The summed E-state index contributed by atoms with van der Waals surface area (Å²) < 4.78 is 12.9. The molecule has 1 aliphatic carbocycles. The lowest BCUT2D eigenvalue weighted by Crippen LogP contribution is -2.43. The molecule has 1 aromatic carbocycles. The van der Waals surface area contributed by atoms with Crippen LogP contribution in [0.5, 0.6) is 0 Å². The number of halogens is 1. The summed E-state index contributed by atoms with van der Waals surface area (Å²) in [7, 11) is 0. The number of primary amides is 1. The molecule has 3 atom stereocenters. The Hall–Kier alpha value is -1.58. The van der Waals surface area contributed by atoms with Crippen molar-refractivity contribution in [1.29, 1.82) is 0 Å². The molecular weight excluding hydrogens is 243 g/mol. The van der Waals surface area contributed by atoms with Crippen molar-refractivity contribution in [1.82, 2.24) is 0 Å². The van der Waals surface area contributed by atoms with Crippen molar-refractivity contribution in [2.24, 2.45) is 17.6 Å². The van der Waals surface area contributed by atoms with Gasteiger partial charge in [0.2, 0.25) is 5.91 Å². The Morgan fingerprint density at radius 3 is 2.63 bits per heavy atom. The van der Waals surface area contributed by atoms with E-state index in [0.29, 0.717) is 5.92 Å². The predicted octanol–water partition coefficient (Wildman–Crippen LogP) is 2.92. The molecule has 1 aromatic rings. The molecule has 0 bridgehead atoms. The zero-order valence-electron chi connectivity index (χ0n) is 11.2. The highest BCUT2D eigenvalue weighted by atomic mass is 19.1. The van der Waals surface area contributed by atoms with Gasteiger partial charge in [0.1, 0.15) is 11.9 Å². The first kappa shape index (κ1) is 13.8. The molecular formula is C15H21FN2O. The summed E-state index contributed by atoms with van der Waals surface area (Å²) in [4.78, 5) is 11.7. The number of nitrogens with one attached hydrogen (secondary N) is 1. The van der Waals surface area contributed by atoms with Crippen molar-refractivity contribution in [3.8, 4) is 0 Å². The van der Waals surface area contributed by atoms with E-state index in [9.17, 15) is 9.18 Å². The van der Waals surface area contributed by atoms with E-state index in [4.69, 9.17) is 5.73 Å². The Balaban J connectivity index is 2.07. The summed E-state index contributed by atoms with van der Waals surface area (Å²) in [6.45, 7) is 2.21. The van der Waals surface area contributed by atoms with E-state index < -0.39 is 0 Å². The summed E-state index contributed by atoms with van der Waals surface area (Å²) in [5.41, 5.74) is 6.25. The minimum absolute atomic E-state index is 0.270. The normalized spacial score (nSPS) is 24.7. The molecule has 1 saturated carbocycles. The highest BCUT2D eigenvalue weighted by Crippen LogP contribution is 2.32. The average molecular weight is 264 g/mol. The van der Waals surface area contributed by atoms with Crippen LogP contribution in [0, 0.1) is 17.7 Å².